The third-order valence-electron chi connectivity index (χ3n) is 3.66. The first-order chi connectivity index (χ1) is 8.07. The molecule has 1 aromatic rings. The maximum atomic E-state index is 13.3. The predicted octanol–water partition coefficient (Wildman–Crippen LogP) is 3.68. The first kappa shape index (κ1) is 12.9. The number of hydrogen-bond acceptors (Lipinski definition) is 2. The Morgan fingerprint density at radius 2 is 2.24 bits per heavy atom. The van der Waals surface area contributed by atoms with Gasteiger partial charge >= 0.3 is 0 Å². The van der Waals surface area contributed by atoms with E-state index in [1.54, 1.807) is 6.07 Å². The van der Waals surface area contributed by atoms with E-state index in [0.717, 1.165) is 5.56 Å². The highest BCUT2D eigenvalue weighted by atomic mass is 32.2. The Morgan fingerprint density at radius 3 is 2.76 bits per heavy atom. The average molecular weight is 253 g/mol. The molecule has 0 amide bonds. The zero-order chi connectivity index (χ0) is 12.5. The summed E-state index contributed by atoms with van der Waals surface area (Å²) in [6.07, 6.45) is 2.50. The van der Waals surface area contributed by atoms with Crippen LogP contribution in [0.25, 0.3) is 0 Å². The second-order valence-electron chi connectivity index (χ2n) is 4.99. The Morgan fingerprint density at radius 1 is 1.47 bits per heavy atom. The second-order valence-corrected chi connectivity index (χ2v) is 6.62. The minimum absolute atomic E-state index is 0.118. The van der Waals surface area contributed by atoms with E-state index in [4.69, 9.17) is 0 Å². The van der Waals surface area contributed by atoms with Crippen LogP contribution in [0.15, 0.2) is 18.2 Å². The van der Waals surface area contributed by atoms with E-state index in [9.17, 15) is 4.39 Å². The summed E-state index contributed by atoms with van der Waals surface area (Å²) in [5, 5.41) is 3.40. The van der Waals surface area contributed by atoms with Gasteiger partial charge in [-0.3, -0.25) is 0 Å². The van der Waals surface area contributed by atoms with Crippen LogP contribution in [-0.4, -0.2) is 17.5 Å². The molecule has 0 spiro atoms. The summed E-state index contributed by atoms with van der Waals surface area (Å²) in [5.74, 6) is 1.11. The predicted molar refractivity (Wildman–Crippen MR) is 73.0 cm³/mol. The van der Waals surface area contributed by atoms with Gasteiger partial charge in [-0.1, -0.05) is 12.1 Å². The summed E-state index contributed by atoms with van der Waals surface area (Å²) in [6, 6.07) is 5.76. The standard InChI is InChI=1S/C14H20FNS/c1-10-9-11(5-6-12(10)15)13(16-3)14(2)7-4-8-17-14/h5-6,9,13,16H,4,7-8H2,1-3H3. The van der Waals surface area contributed by atoms with Crippen molar-refractivity contribution >= 4 is 11.8 Å². The van der Waals surface area contributed by atoms with E-state index in [1.807, 2.05) is 37.9 Å². The zero-order valence-electron chi connectivity index (χ0n) is 10.7. The van der Waals surface area contributed by atoms with Gasteiger partial charge < -0.3 is 5.32 Å². The fourth-order valence-corrected chi connectivity index (χ4v) is 4.16. The lowest BCUT2D eigenvalue weighted by Gasteiger charge is -2.33. The number of aryl methyl sites for hydroxylation is 1. The van der Waals surface area contributed by atoms with Gasteiger partial charge in [-0.25, -0.2) is 4.39 Å². The van der Waals surface area contributed by atoms with Crippen LogP contribution in [-0.2, 0) is 0 Å². The SMILES string of the molecule is CNC(c1ccc(F)c(C)c1)C1(C)CCCS1. The van der Waals surface area contributed by atoms with E-state index in [-0.39, 0.29) is 10.6 Å². The second kappa shape index (κ2) is 4.99. The van der Waals surface area contributed by atoms with Gasteiger partial charge in [-0.05, 0) is 56.7 Å². The maximum absolute atomic E-state index is 13.3. The highest BCUT2D eigenvalue weighted by Crippen LogP contribution is 2.46. The van der Waals surface area contributed by atoms with Gasteiger partial charge in [0.2, 0.25) is 0 Å². The maximum Gasteiger partial charge on any atom is 0.126 e. The van der Waals surface area contributed by atoms with Crippen molar-refractivity contribution < 1.29 is 4.39 Å². The van der Waals surface area contributed by atoms with Crippen LogP contribution in [0.1, 0.15) is 36.9 Å². The van der Waals surface area contributed by atoms with E-state index < -0.39 is 0 Å². The Hall–Kier alpha value is -0.540. The molecule has 0 radical (unpaired) electrons. The molecule has 0 aliphatic carbocycles. The minimum Gasteiger partial charge on any atom is -0.312 e. The number of rotatable bonds is 3. The largest absolute Gasteiger partial charge is 0.312 e. The molecular weight excluding hydrogens is 233 g/mol. The number of hydrogen-bond donors (Lipinski definition) is 1. The van der Waals surface area contributed by atoms with Gasteiger partial charge in [0.1, 0.15) is 5.82 Å². The topological polar surface area (TPSA) is 12.0 Å². The summed E-state index contributed by atoms with van der Waals surface area (Å²) in [5.41, 5.74) is 1.93. The van der Waals surface area contributed by atoms with E-state index in [1.165, 1.54) is 24.2 Å². The van der Waals surface area contributed by atoms with Crippen molar-refractivity contribution in [2.24, 2.45) is 0 Å². The fraction of sp³-hybridized carbons (Fsp3) is 0.571. The number of benzene rings is 1. The smallest absolute Gasteiger partial charge is 0.126 e. The van der Waals surface area contributed by atoms with Crippen molar-refractivity contribution in [3.63, 3.8) is 0 Å². The first-order valence-corrected chi connectivity index (χ1v) is 7.12. The van der Waals surface area contributed by atoms with Crippen molar-refractivity contribution in [1.82, 2.24) is 5.32 Å². The Balaban J connectivity index is 2.31. The van der Waals surface area contributed by atoms with Gasteiger partial charge in [0.05, 0.1) is 0 Å². The third kappa shape index (κ3) is 2.50. The monoisotopic (exact) mass is 253 g/mol. The van der Waals surface area contributed by atoms with Crippen LogP contribution in [0.5, 0.6) is 0 Å². The van der Waals surface area contributed by atoms with Gasteiger partial charge in [0.15, 0.2) is 0 Å². The number of nitrogens with one attached hydrogen (secondary N) is 1. The molecule has 3 heteroatoms. The van der Waals surface area contributed by atoms with Crippen LogP contribution in [0.3, 0.4) is 0 Å². The van der Waals surface area contributed by atoms with Crippen LogP contribution in [0.2, 0.25) is 0 Å². The summed E-state index contributed by atoms with van der Waals surface area (Å²) < 4.78 is 13.5. The summed E-state index contributed by atoms with van der Waals surface area (Å²) in [4.78, 5) is 0. The van der Waals surface area contributed by atoms with Crippen molar-refractivity contribution in [1.29, 1.82) is 0 Å². The quantitative estimate of drug-likeness (QED) is 0.882. The molecule has 1 fully saturated rings. The highest BCUT2D eigenvalue weighted by molar-refractivity contribution is 8.00. The number of halogens is 1. The molecule has 2 rings (SSSR count). The molecular formula is C14H20FNS. The van der Waals surface area contributed by atoms with Crippen molar-refractivity contribution in [2.45, 2.75) is 37.5 Å². The van der Waals surface area contributed by atoms with Gasteiger partial charge in [0, 0.05) is 10.8 Å². The molecule has 1 nitrogen and oxygen atoms in total. The Labute approximate surface area is 107 Å². The molecule has 2 unspecified atom stereocenters. The highest BCUT2D eigenvalue weighted by Gasteiger charge is 2.37. The van der Waals surface area contributed by atoms with Gasteiger partial charge in [-0.2, -0.15) is 11.8 Å². The minimum atomic E-state index is -0.118. The van der Waals surface area contributed by atoms with Crippen LogP contribution >= 0.6 is 11.8 Å². The molecule has 17 heavy (non-hydrogen) atoms. The first-order valence-electron chi connectivity index (χ1n) is 6.14. The molecule has 0 aromatic heterocycles. The molecule has 2 atom stereocenters. The Kier molecular flexibility index (Phi) is 3.79. The Bertz CT molecular complexity index is 399. The summed E-state index contributed by atoms with van der Waals surface area (Å²) >= 11 is 2.03. The van der Waals surface area contributed by atoms with Crippen LogP contribution < -0.4 is 5.32 Å². The lowest BCUT2D eigenvalue weighted by molar-refractivity contribution is 0.440. The average Bonchev–Trinajstić information content (AvgIpc) is 2.72. The van der Waals surface area contributed by atoms with Crippen molar-refractivity contribution in [2.75, 3.05) is 12.8 Å². The third-order valence-corrected chi connectivity index (χ3v) is 5.26. The van der Waals surface area contributed by atoms with Crippen molar-refractivity contribution in [3.05, 3.63) is 35.1 Å². The summed E-state index contributed by atoms with van der Waals surface area (Å²) in [7, 11) is 1.99. The molecule has 1 saturated heterocycles. The molecule has 94 valence electrons. The normalized spacial score (nSPS) is 26.1. The number of thioether (sulfide) groups is 1. The molecule has 1 heterocycles. The lowest BCUT2D eigenvalue weighted by atomic mass is 9.89. The molecule has 0 bridgehead atoms. The van der Waals surface area contributed by atoms with E-state index in [0.29, 0.717) is 6.04 Å². The van der Waals surface area contributed by atoms with Crippen LogP contribution in [0, 0.1) is 12.7 Å². The van der Waals surface area contributed by atoms with Gasteiger partial charge in [-0.15, -0.1) is 0 Å². The molecule has 1 aliphatic rings. The van der Waals surface area contributed by atoms with Crippen LogP contribution in [0.4, 0.5) is 4.39 Å². The van der Waals surface area contributed by atoms with E-state index >= 15 is 0 Å². The molecule has 1 aromatic carbocycles. The van der Waals surface area contributed by atoms with E-state index in [2.05, 4.69) is 12.2 Å². The van der Waals surface area contributed by atoms with Gasteiger partial charge in [0.25, 0.3) is 0 Å². The zero-order valence-corrected chi connectivity index (χ0v) is 11.5. The lowest BCUT2D eigenvalue weighted by Crippen LogP contribution is -2.35. The van der Waals surface area contributed by atoms with Crippen molar-refractivity contribution in [3.8, 4) is 0 Å². The molecule has 0 saturated carbocycles. The molecule has 1 N–H and O–H groups in total. The fourth-order valence-electron chi connectivity index (χ4n) is 2.70. The molecule has 1 aliphatic heterocycles. The summed E-state index contributed by atoms with van der Waals surface area (Å²) in [6.45, 7) is 4.14.